The molecule has 0 N–H and O–H groups in total. The minimum Gasteiger partial charge on any atom is -0.461 e. The second-order valence-corrected chi connectivity index (χ2v) is 9.90. The molecule has 0 aliphatic carbocycles. The standard InChI is InChI=1S/C24H22N4O2S2/c1-17-13-14-27(19-10-5-6-12-21(19)32-17)22(29)16-31-24-26-25-23(20-11-7-15-30-20)28(24)18-8-3-2-4-9-18/h2-12,15,17H,13-14,16H2,1H3. The summed E-state index contributed by atoms with van der Waals surface area (Å²) in [6.45, 7) is 2.93. The minimum atomic E-state index is 0.0688. The SMILES string of the molecule is CC1CCN(C(=O)CSc2nnc(-c3ccco3)n2-c2ccccc2)c2ccccc2S1. The van der Waals surface area contributed by atoms with Gasteiger partial charge < -0.3 is 9.32 Å². The van der Waals surface area contributed by atoms with E-state index in [9.17, 15) is 4.79 Å². The van der Waals surface area contributed by atoms with Crippen molar-refractivity contribution >= 4 is 35.1 Å². The third-order valence-electron chi connectivity index (χ3n) is 5.26. The van der Waals surface area contributed by atoms with Crippen LogP contribution >= 0.6 is 23.5 Å². The Morgan fingerprint density at radius 1 is 1.09 bits per heavy atom. The third-order valence-corrected chi connectivity index (χ3v) is 7.41. The summed E-state index contributed by atoms with van der Waals surface area (Å²) in [5.41, 5.74) is 1.91. The molecule has 0 saturated carbocycles. The Bertz CT molecular complexity index is 1210. The first-order chi connectivity index (χ1) is 15.7. The van der Waals surface area contributed by atoms with Gasteiger partial charge in [0.15, 0.2) is 10.9 Å². The summed E-state index contributed by atoms with van der Waals surface area (Å²) in [5, 5.41) is 9.86. The number of nitrogens with zero attached hydrogens (tertiary/aromatic N) is 4. The molecule has 1 aliphatic rings. The molecule has 5 rings (SSSR count). The molecule has 32 heavy (non-hydrogen) atoms. The molecule has 0 fully saturated rings. The Balaban J connectivity index is 1.42. The van der Waals surface area contributed by atoms with E-state index in [1.54, 1.807) is 6.26 Å². The average Bonchev–Trinajstić information content (AvgIpc) is 3.45. The molecule has 0 spiro atoms. The van der Waals surface area contributed by atoms with E-state index in [2.05, 4.69) is 23.2 Å². The fourth-order valence-corrected chi connectivity index (χ4v) is 5.63. The van der Waals surface area contributed by atoms with Gasteiger partial charge in [-0.3, -0.25) is 9.36 Å². The van der Waals surface area contributed by atoms with Gasteiger partial charge in [-0.25, -0.2) is 0 Å². The fourth-order valence-electron chi connectivity index (χ4n) is 3.69. The van der Waals surface area contributed by atoms with Gasteiger partial charge in [-0.1, -0.05) is 49.0 Å². The molecule has 2 aromatic carbocycles. The Morgan fingerprint density at radius 2 is 1.91 bits per heavy atom. The van der Waals surface area contributed by atoms with Crippen molar-refractivity contribution in [3.8, 4) is 17.3 Å². The van der Waals surface area contributed by atoms with E-state index in [1.807, 2.05) is 81.9 Å². The highest BCUT2D eigenvalue weighted by Crippen LogP contribution is 2.38. The molecule has 0 radical (unpaired) electrons. The van der Waals surface area contributed by atoms with Crippen LogP contribution in [0, 0.1) is 0 Å². The van der Waals surface area contributed by atoms with Gasteiger partial charge in [-0.05, 0) is 42.8 Å². The lowest BCUT2D eigenvalue weighted by molar-refractivity contribution is -0.116. The molecular weight excluding hydrogens is 440 g/mol. The Morgan fingerprint density at radius 3 is 2.72 bits per heavy atom. The summed E-state index contributed by atoms with van der Waals surface area (Å²) in [6, 6.07) is 21.7. The molecule has 8 heteroatoms. The minimum absolute atomic E-state index is 0.0688. The van der Waals surface area contributed by atoms with Crippen LogP contribution in [-0.2, 0) is 4.79 Å². The lowest BCUT2D eigenvalue weighted by Crippen LogP contribution is -2.33. The molecule has 3 heterocycles. The van der Waals surface area contributed by atoms with Crippen LogP contribution in [-0.4, -0.2) is 38.2 Å². The van der Waals surface area contributed by atoms with Crippen LogP contribution in [0.2, 0.25) is 0 Å². The molecule has 2 aromatic heterocycles. The predicted octanol–water partition coefficient (Wildman–Crippen LogP) is 5.54. The summed E-state index contributed by atoms with van der Waals surface area (Å²) in [7, 11) is 0. The van der Waals surface area contributed by atoms with Crippen molar-refractivity contribution in [2.45, 2.75) is 28.6 Å². The number of benzene rings is 2. The number of furan rings is 1. The molecule has 1 atom stereocenters. The maximum Gasteiger partial charge on any atom is 0.237 e. The van der Waals surface area contributed by atoms with Crippen LogP contribution in [0.25, 0.3) is 17.3 Å². The number of hydrogen-bond donors (Lipinski definition) is 0. The van der Waals surface area contributed by atoms with Crippen LogP contribution in [0.15, 0.2) is 87.5 Å². The Hall–Kier alpha value is -2.97. The molecule has 0 saturated heterocycles. The molecule has 1 amide bonds. The highest BCUT2D eigenvalue weighted by atomic mass is 32.2. The van der Waals surface area contributed by atoms with E-state index in [0.717, 1.165) is 22.7 Å². The highest BCUT2D eigenvalue weighted by Gasteiger charge is 2.25. The summed E-state index contributed by atoms with van der Waals surface area (Å²) in [6.07, 6.45) is 2.57. The van der Waals surface area contributed by atoms with Crippen LogP contribution in [0.5, 0.6) is 0 Å². The number of amides is 1. The van der Waals surface area contributed by atoms with Gasteiger partial charge in [0.2, 0.25) is 11.7 Å². The number of rotatable bonds is 5. The molecule has 0 bridgehead atoms. The Kier molecular flexibility index (Phi) is 6.05. The van der Waals surface area contributed by atoms with E-state index < -0.39 is 0 Å². The number of carbonyl (C=O) groups is 1. The highest BCUT2D eigenvalue weighted by molar-refractivity contribution is 8.00. The second kappa shape index (κ2) is 9.26. The van der Waals surface area contributed by atoms with Crippen molar-refractivity contribution in [2.75, 3.05) is 17.2 Å². The first kappa shape index (κ1) is 20.9. The molecule has 4 aromatic rings. The van der Waals surface area contributed by atoms with Gasteiger partial charge in [0.25, 0.3) is 0 Å². The molecule has 162 valence electrons. The number of thioether (sulfide) groups is 2. The molecule has 1 unspecified atom stereocenters. The van der Waals surface area contributed by atoms with Gasteiger partial charge in [-0.2, -0.15) is 0 Å². The maximum atomic E-state index is 13.3. The summed E-state index contributed by atoms with van der Waals surface area (Å²) < 4.78 is 7.50. The van der Waals surface area contributed by atoms with Crippen molar-refractivity contribution in [1.29, 1.82) is 0 Å². The lowest BCUT2D eigenvalue weighted by Gasteiger charge is -2.22. The largest absolute Gasteiger partial charge is 0.461 e. The smallest absolute Gasteiger partial charge is 0.237 e. The van der Waals surface area contributed by atoms with Gasteiger partial charge in [0.1, 0.15) is 0 Å². The van der Waals surface area contributed by atoms with E-state index in [-0.39, 0.29) is 11.7 Å². The lowest BCUT2D eigenvalue weighted by atomic mass is 10.2. The zero-order valence-corrected chi connectivity index (χ0v) is 19.2. The van der Waals surface area contributed by atoms with Gasteiger partial charge >= 0.3 is 0 Å². The molecular formula is C24H22N4O2S2. The quantitative estimate of drug-likeness (QED) is 0.363. The van der Waals surface area contributed by atoms with Crippen molar-refractivity contribution in [2.24, 2.45) is 0 Å². The van der Waals surface area contributed by atoms with Crippen molar-refractivity contribution in [3.63, 3.8) is 0 Å². The number of para-hydroxylation sites is 2. The third kappa shape index (κ3) is 4.20. The normalized spacial score (nSPS) is 15.9. The van der Waals surface area contributed by atoms with Gasteiger partial charge in [-0.15, -0.1) is 22.0 Å². The average molecular weight is 463 g/mol. The zero-order valence-electron chi connectivity index (χ0n) is 17.5. The van der Waals surface area contributed by atoms with E-state index in [4.69, 9.17) is 4.42 Å². The predicted molar refractivity (Wildman–Crippen MR) is 129 cm³/mol. The topological polar surface area (TPSA) is 64.2 Å². The second-order valence-electron chi connectivity index (χ2n) is 7.47. The summed E-state index contributed by atoms with van der Waals surface area (Å²) in [4.78, 5) is 16.4. The maximum absolute atomic E-state index is 13.3. The summed E-state index contributed by atoms with van der Waals surface area (Å²) in [5.74, 6) is 1.59. The number of fused-ring (bicyclic) bond motifs is 1. The van der Waals surface area contributed by atoms with Crippen LogP contribution < -0.4 is 4.90 Å². The number of anilines is 1. The molecule has 6 nitrogen and oxygen atoms in total. The number of aromatic nitrogens is 3. The van der Waals surface area contributed by atoms with Crippen molar-refractivity contribution < 1.29 is 9.21 Å². The van der Waals surface area contributed by atoms with Crippen molar-refractivity contribution in [3.05, 3.63) is 73.0 Å². The zero-order chi connectivity index (χ0) is 21.9. The van der Waals surface area contributed by atoms with E-state index >= 15 is 0 Å². The van der Waals surface area contributed by atoms with Gasteiger partial charge in [0, 0.05) is 22.4 Å². The van der Waals surface area contributed by atoms with Crippen molar-refractivity contribution in [1.82, 2.24) is 14.8 Å². The summed E-state index contributed by atoms with van der Waals surface area (Å²) >= 11 is 3.23. The number of hydrogen-bond acceptors (Lipinski definition) is 6. The first-order valence-corrected chi connectivity index (χ1v) is 12.3. The monoisotopic (exact) mass is 462 g/mol. The van der Waals surface area contributed by atoms with Gasteiger partial charge in [0.05, 0.1) is 17.7 Å². The van der Waals surface area contributed by atoms with Crippen LogP contribution in [0.3, 0.4) is 0 Å². The first-order valence-electron chi connectivity index (χ1n) is 10.4. The van der Waals surface area contributed by atoms with Crippen LogP contribution in [0.1, 0.15) is 13.3 Å². The van der Waals surface area contributed by atoms with Crippen LogP contribution in [0.4, 0.5) is 5.69 Å². The Labute approximate surface area is 195 Å². The fraction of sp³-hybridized carbons (Fsp3) is 0.208. The van der Waals surface area contributed by atoms with E-state index in [1.165, 1.54) is 11.8 Å². The number of carbonyl (C=O) groups excluding carboxylic acids is 1. The van der Waals surface area contributed by atoms with E-state index in [0.29, 0.717) is 28.5 Å². The molecule has 1 aliphatic heterocycles.